The molecule has 2 N–H and O–H groups in total. The van der Waals surface area contributed by atoms with Crippen LogP contribution in [0, 0.1) is 0 Å². The predicted molar refractivity (Wildman–Crippen MR) is 51.2 cm³/mol. The molecule has 4 heteroatoms. The molecule has 0 aliphatic carbocycles. The van der Waals surface area contributed by atoms with Gasteiger partial charge in [-0.05, 0) is 26.0 Å². The van der Waals surface area contributed by atoms with Crippen LogP contribution >= 0.6 is 0 Å². The van der Waals surface area contributed by atoms with Crippen molar-refractivity contribution >= 4 is 0 Å². The first-order valence-electron chi connectivity index (χ1n) is 4.56. The van der Waals surface area contributed by atoms with Crippen molar-refractivity contribution in [3.8, 4) is 0 Å². The molecule has 1 atom stereocenters. The molecule has 0 unspecified atom stereocenters. The summed E-state index contributed by atoms with van der Waals surface area (Å²) < 4.78 is 1.84. The Morgan fingerprint density at radius 3 is 3.00 bits per heavy atom. The number of hydrogen-bond donors (Lipinski definition) is 2. The summed E-state index contributed by atoms with van der Waals surface area (Å²) in [7, 11) is 1.92. The molecular formula is C9H17N3O. The number of rotatable bonds is 5. The number of hydrogen-bond acceptors (Lipinski definition) is 3. The van der Waals surface area contributed by atoms with Crippen LogP contribution in [0.15, 0.2) is 12.3 Å². The van der Waals surface area contributed by atoms with Gasteiger partial charge in [-0.2, -0.15) is 5.10 Å². The van der Waals surface area contributed by atoms with Gasteiger partial charge >= 0.3 is 0 Å². The Hall–Kier alpha value is -0.870. The maximum Gasteiger partial charge on any atom is 0.0524 e. The van der Waals surface area contributed by atoms with E-state index in [1.807, 2.05) is 17.8 Å². The van der Waals surface area contributed by atoms with Crippen LogP contribution in [0.4, 0.5) is 0 Å². The van der Waals surface area contributed by atoms with E-state index in [0.717, 1.165) is 25.2 Å². The molecule has 0 aromatic carbocycles. The molecule has 13 heavy (non-hydrogen) atoms. The number of aliphatic hydroxyl groups is 1. The largest absolute Gasteiger partial charge is 0.393 e. The lowest BCUT2D eigenvalue weighted by atomic mass is 10.3. The standard InChI is InChI=1S/C9H17N3O/c1-8(13)3-5-10-7-9-4-6-11-12(9)2/h4,6,8,10,13H,3,5,7H2,1-2H3/t8-/m0/s1. The summed E-state index contributed by atoms with van der Waals surface area (Å²) in [6, 6.07) is 1.98. The summed E-state index contributed by atoms with van der Waals surface area (Å²) in [5.74, 6) is 0. The third-order valence-electron chi connectivity index (χ3n) is 1.97. The van der Waals surface area contributed by atoms with Gasteiger partial charge in [0.05, 0.1) is 11.8 Å². The van der Waals surface area contributed by atoms with E-state index in [4.69, 9.17) is 5.11 Å². The van der Waals surface area contributed by atoms with Gasteiger partial charge in [0, 0.05) is 19.8 Å². The Morgan fingerprint density at radius 2 is 2.46 bits per heavy atom. The van der Waals surface area contributed by atoms with Crippen molar-refractivity contribution in [3.63, 3.8) is 0 Å². The third-order valence-corrected chi connectivity index (χ3v) is 1.97. The monoisotopic (exact) mass is 183 g/mol. The smallest absolute Gasteiger partial charge is 0.0524 e. The molecule has 0 saturated carbocycles. The fraction of sp³-hybridized carbons (Fsp3) is 0.667. The average molecular weight is 183 g/mol. The molecule has 1 rings (SSSR count). The van der Waals surface area contributed by atoms with E-state index in [1.165, 1.54) is 0 Å². The van der Waals surface area contributed by atoms with Gasteiger partial charge in [-0.1, -0.05) is 0 Å². The second-order valence-corrected chi connectivity index (χ2v) is 3.26. The summed E-state index contributed by atoms with van der Waals surface area (Å²) in [6.07, 6.45) is 2.35. The van der Waals surface area contributed by atoms with Crippen LogP contribution < -0.4 is 5.32 Å². The SMILES string of the molecule is C[C@H](O)CCNCc1ccnn1C. The van der Waals surface area contributed by atoms with E-state index in [-0.39, 0.29) is 6.10 Å². The zero-order valence-electron chi connectivity index (χ0n) is 8.20. The van der Waals surface area contributed by atoms with Gasteiger partial charge in [-0.25, -0.2) is 0 Å². The van der Waals surface area contributed by atoms with Gasteiger partial charge in [0.1, 0.15) is 0 Å². The minimum absolute atomic E-state index is 0.223. The van der Waals surface area contributed by atoms with Crippen molar-refractivity contribution in [2.45, 2.75) is 26.0 Å². The molecule has 1 heterocycles. The summed E-state index contributed by atoms with van der Waals surface area (Å²) in [5, 5.41) is 16.3. The summed E-state index contributed by atoms with van der Waals surface area (Å²) in [6.45, 7) is 3.44. The van der Waals surface area contributed by atoms with E-state index in [9.17, 15) is 0 Å². The van der Waals surface area contributed by atoms with E-state index in [0.29, 0.717) is 0 Å². The molecule has 74 valence electrons. The van der Waals surface area contributed by atoms with Crippen LogP contribution in [0.1, 0.15) is 19.0 Å². The minimum atomic E-state index is -0.223. The van der Waals surface area contributed by atoms with E-state index in [2.05, 4.69) is 10.4 Å². The number of aromatic nitrogens is 2. The van der Waals surface area contributed by atoms with Crippen molar-refractivity contribution in [1.82, 2.24) is 15.1 Å². The highest BCUT2D eigenvalue weighted by molar-refractivity contribution is 4.98. The highest BCUT2D eigenvalue weighted by atomic mass is 16.3. The Balaban J connectivity index is 2.17. The average Bonchev–Trinajstić information content (AvgIpc) is 2.45. The Bertz CT molecular complexity index is 245. The normalized spacial score (nSPS) is 13.2. The zero-order valence-corrected chi connectivity index (χ0v) is 8.20. The number of nitrogens with one attached hydrogen (secondary N) is 1. The van der Waals surface area contributed by atoms with Crippen LogP contribution in [0.5, 0.6) is 0 Å². The molecule has 0 amide bonds. The molecule has 0 radical (unpaired) electrons. The Morgan fingerprint density at radius 1 is 1.69 bits per heavy atom. The molecule has 0 spiro atoms. The van der Waals surface area contributed by atoms with Gasteiger partial charge < -0.3 is 10.4 Å². The van der Waals surface area contributed by atoms with Gasteiger partial charge in [0.25, 0.3) is 0 Å². The van der Waals surface area contributed by atoms with Gasteiger partial charge in [-0.15, -0.1) is 0 Å². The van der Waals surface area contributed by atoms with Gasteiger partial charge in [-0.3, -0.25) is 4.68 Å². The van der Waals surface area contributed by atoms with Crippen LogP contribution in [-0.2, 0) is 13.6 Å². The van der Waals surface area contributed by atoms with E-state index >= 15 is 0 Å². The van der Waals surface area contributed by atoms with Crippen molar-refractivity contribution in [2.75, 3.05) is 6.54 Å². The first-order valence-corrected chi connectivity index (χ1v) is 4.56. The zero-order chi connectivity index (χ0) is 9.68. The minimum Gasteiger partial charge on any atom is -0.393 e. The van der Waals surface area contributed by atoms with Gasteiger partial charge in [0.2, 0.25) is 0 Å². The predicted octanol–water partition coefficient (Wildman–Crippen LogP) is 0.281. The summed E-state index contributed by atoms with van der Waals surface area (Å²) in [5.41, 5.74) is 1.16. The van der Waals surface area contributed by atoms with Crippen molar-refractivity contribution < 1.29 is 5.11 Å². The maximum absolute atomic E-state index is 9.01. The lowest BCUT2D eigenvalue weighted by Crippen LogP contribution is -2.20. The second kappa shape index (κ2) is 4.99. The molecule has 4 nitrogen and oxygen atoms in total. The van der Waals surface area contributed by atoms with Crippen LogP contribution in [0.2, 0.25) is 0 Å². The summed E-state index contributed by atoms with van der Waals surface area (Å²) in [4.78, 5) is 0. The lowest BCUT2D eigenvalue weighted by Gasteiger charge is -2.06. The van der Waals surface area contributed by atoms with E-state index in [1.54, 1.807) is 13.1 Å². The Kier molecular flexibility index (Phi) is 3.92. The molecule has 0 saturated heterocycles. The molecule has 0 bridgehead atoms. The number of aliphatic hydroxyl groups excluding tert-OH is 1. The van der Waals surface area contributed by atoms with Crippen molar-refractivity contribution in [3.05, 3.63) is 18.0 Å². The first-order chi connectivity index (χ1) is 6.20. The second-order valence-electron chi connectivity index (χ2n) is 3.26. The fourth-order valence-electron chi connectivity index (χ4n) is 1.10. The van der Waals surface area contributed by atoms with Gasteiger partial charge in [0.15, 0.2) is 0 Å². The van der Waals surface area contributed by atoms with E-state index < -0.39 is 0 Å². The number of aryl methyl sites for hydroxylation is 1. The molecule has 1 aromatic rings. The summed E-state index contributed by atoms with van der Waals surface area (Å²) >= 11 is 0. The lowest BCUT2D eigenvalue weighted by molar-refractivity contribution is 0.183. The van der Waals surface area contributed by atoms with Crippen molar-refractivity contribution in [1.29, 1.82) is 0 Å². The molecular weight excluding hydrogens is 166 g/mol. The quantitative estimate of drug-likeness (QED) is 0.645. The topological polar surface area (TPSA) is 50.1 Å². The van der Waals surface area contributed by atoms with Crippen LogP contribution in [-0.4, -0.2) is 27.5 Å². The number of nitrogens with zero attached hydrogens (tertiary/aromatic N) is 2. The highest BCUT2D eigenvalue weighted by Crippen LogP contribution is 1.95. The Labute approximate surface area is 78.6 Å². The maximum atomic E-state index is 9.01. The molecule has 0 fully saturated rings. The molecule has 1 aromatic heterocycles. The molecule has 0 aliphatic rings. The first kappa shape index (κ1) is 10.2. The molecule has 0 aliphatic heterocycles. The third kappa shape index (κ3) is 3.57. The highest BCUT2D eigenvalue weighted by Gasteiger charge is 1.98. The van der Waals surface area contributed by atoms with Crippen LogP contribution in [0.3, 0.4) is 0 Å². The van der Waals surface area contributed by atoms with Crippen LogP contribution in [0.25, 0.3) is 0 Å². The van der Waals surface area contributed by atoms with Crippen molar-refractivity contribution in [2.24, 2.45) is 7.05 Å². The fourth-order valence-corrected chi connectivity index (χ4v) is 1.10.